The molecule has 1 aliphatic rings. The largest absolute Gasteiger partial charge is 0.374 e. The van der Waals surface area contributed by atoms with Crippen molar-refractivity contribution in [3.05, 3.63) is 52.9 Å². The fourth-order valence-corrected chi connectivity index (χ4v) is 5.75. The number of nitrogens with zero attached hydrogens (tertiary/aromatic N) is 1. The lowest BCUT2D eigenvalue weighted by Gasteiger charge is -2.31. The summed E-state index contributed by atoms with van der Waals surface area (Å²) in [7, 11) is 0. The number of hydrogen-bond donors (Lipinski definition) is 2. The summed E-state index contributed by atoms with van der Waals surface area (Å²) >= 11 is 5.35. The minimum Gasteiger partial charge on any atom is -0.374 e. The molecule has 1 saturated carbocycles. The van der Waals surface area contributed by atoms with Crippen LogP contribution in [0.3, 0.4) is 0 Å². The number of benzene rings is 1. The molecule has 0 bridgehead atoms. The van der Waals surface area contributed by atoms with Crippen molar-refractivity contribution < 1.29 is 5.11 Å². The monoisotopic (exact) mass is 458 g/mol. The number of fused-ring (bicyclic) bond motifs is 1. The molecule has 5 heteroatoms. The predicted molar refractivity (Wildman–Crippen MR) is 122 cm³/mol. The second kappa shape index (κ2) is 9.04. The molecule has 2 aromatic heterocycles. The minimum absolute atomic E-state index is 0.288. The lowest BCUT2D eigenvalue weighted by Crippen LogP contribution is -2.37. The Morgan fingerprint density at radius 1 is 1.18 bits per heavy atom. The number of pyridine rings is 1. The van der Waals surface area contributed by atoms with Crippen LogP contribution in [-0.2, 0) is 5.33 Å². The van der Waals surface area contributed by atoms with Gasteiger partial charge in [0, 0.05) is 22.3 Å². The molecule has 3 nitrogen and oxygen atoms in total. The number of aliphatic hydroxyl groups excluding tert-OH is 1. The minimum atomic E-state index is -0.712. The van der Waals surface area contributed by atoms with Gasteiger partial charge >= 0.3 is 0 Å². The van der Waals surface area contributed by atoms with Crippen LogP contribution < -0.4 is 5.32 Å². The number of thiophene rings is 1. The zero-order chi connectivity index (χ0) is 19.5. The summed E-state index contributed by atoms with van der Waals surface area (Å²) in [5, 5.41) is 18.6. The lowest BCUT2D eigenvalue weighted by molar-refractivity contribution is 0.107. The number of rotatable bonds is 6. The van der Waals surface area contributed by atoms with E-state index in [1.54, 1.807) is 11.3 Å². The second-order valence-electron chi connectivity index (χ2n) is 7.74. The highest BCUT2D eigenvalue weighted by Crippen LogP contribution is 2.37. The number of aliphatic hydroxyl groups is 1. The first-order chi connectivity index (χ1) is 13.7. The third-order valence-electron chi connectivity index (χ3n) is 5.98. The van der Waals surface area contributed by atoms with Crippen LogP contribution in [0.5, 0.6) is 0 Å². The summed E-state index contributed by atoms with van der Waals surface area (Å²) in [6.45, 7) is 2.22. The molecule has 1 aliphatic carbocycles. The molecule has 0 saturated heterocycles. The van der Waals surface area contributed by atoms with Crippen molar-refractivity contribution in [3.63, 3.8) is 0 Å². The molecular weight excluding hydrogens is 432 g/mol. The van der Waals surface area contributed by atoms with Gasteiger partial charge in [0.15, 0.2) is 0 Å². The maximum Gasteiger partial charge on any atom is 0.132 e. The molecule has 1 unspecified atom stereocenters. The van der Waals surface area contributed by atoms with Gasteiger partial charge in [-0.15, -0.1) is 11.3 Å². The van der Waals surface area contributed by atoms with Crippen molar-refractivity contribution in [1.29, 1.82) is 0 Å². The predicted octanol–water partition coefficient (Wildman–Crippen LogP) is 6.41. The Morgan fingerprint density at radius 2 is 1.96 bits per heavy atom. The van der Waals surface area contributed by atoms with E-state index in [1.807, 2.05) is 24.3 Å². The third-order valence-corrected chi connectivity index (χ3v) is 7.41. The van der Waals surface area contributed by atoms with E-state index in [1.165, 1.54) is 32.1 Å². The highest BCUT2D eigenvalue weighted by atomic mass is 79.9. The van der Waals surface area contributed by atoms with E-state index in [4.69, 9.17) is 4.98 Å². The quantitative estimate of drug-likeness (QED) is 0.331. The van der Waals surface area contributed by atoms with Gasteiger partial charge < -0.3 is 5.11 Å². The van der Waals surface area contributed by atoms with Crippen molar-refractivity contribution in [3.8, 4) is 10.6 Å². The Kier molecular flexibility index (Phi) is 6.46. The highest BCUT2D eigenvalue weighted by Gasteiger charge is 2.26. The topological polar surface area (TPSA) is 45.1 Å². The normalized spacial score (nSPS) is 17.7. The van der Waals surface area contributed by atoms with Crippen molar-refractivity contribution >= 4 is 38.2 Å². The molecule has 4 rings (SSSR count). The molecule has 0 spiro atoms. The third kappa shape index (κ3) is 4.04. The Labute approximate surface area is 179 Å². The Morgan fingerprint density at radius 3 is 2.68 bits per heavy atom. The van der Waals surface area contributed by atoms with Gasteiger partial charge in [0.2, 0.25) is 0 Å². The summed E-state index contributed by atoms with van der Waals surface area (Å²) in [6.07, 6.45) is 5.75. The lowest BCUT2D eigenvalue weighted by atomic mass is 9.84. The molecule has 2 heterocycles. The van der Waals surface area contributed by atoms with Crippen LogP contribution in [0.15, 0.2) is 41.8 Å². The van der Waals surface area contributed by atoms with Crippen LogP contribution in [-0.4, -0.2) is 16.1 Å². The van der Waals surface area contributed by atoms with Gasteiger partial charge in [0.1, 0.15) is 6.23 Å². The molecule has 3 aromatic rings. The maximum atomic E-state index is 11.3. The SMILES string of the molecule is C[C@H](NC(O)c1c(CBr)c(-c2cccs2)nc2ccccc12)C1CCCCC1. The fourth-order valence-electron chi connectivity index (χ4n) is 4.44. The summed E-state index contributed by atoms with van der Waals surface area (Å²) in [4.78, 5) is 6.08. The van der Waals surface area contributed by atoms with Crippen LogP contribution in [0, 0.1) is 5.92 Å². The zero-order valence-corrected chi connectivity index (χ0v) is 18.6. The van der Waals surface area contributed by atoms with Crippen molar-refractivity contribution in [2.24, 2.45) is 5.92 Å². The number of hydrogen-bond acceptors (Lipinski definition) is 4. The second-order valence-corrected chi connectivity index (χ2v) is 9.25. The van der Waals surface area contributed by atoms with E-state index in [0.29, 0.717) is 11.2 Å². The first-order valence-electron chi connectivity index (χ1n) is 10.1. The first-order valence-corrected chi connectivity index (χ1v) is 12.1. The van der Waals surface area contributed by atoms with Crippen LogP contribution in [0.4, 0.5) is 0 Å². The van der Waals surface area contributed by atoms with Gasteiger partial charge in [0.25, 0.3) is 0 Å². The average molecular weight is 459 g/mol. The van der Waals surface area contributed by atoms with Crippen molar-refractivity contribution in [1.82, 2.24) is 10.3 Å². The van der Waals surface area contributed by atoms with Gasteiger partial charge in [0.05, 0.1) is 16.1 Å². The average Bonchev–Trinajstić information content (AvgIpc) is 3.27. The molecule has 2 N–H and O–H groups in total. The van der Waals surface area contributed by atoms with E-state index in [0.717, 1.165) is 32.6 Å². The zero-order valence-electron chi connectivity index (χ0n) is 16.2. The summed E-state index contributed by atoms with van der Waals surface area (Å²) < 4.78 is 0. The molecule has 0 aliphatic heterocycles. The summed E-state index contributed by atoms with van der Waals surface area (Å²) in [6, 6.07) is 12.6. The number of nitrogens with one attached hydrogen (secondary N) is 1. The van der Waals surface area contributed by atoms with Gasteiger partial charge in [-0.2, -0.15) is 0 Å². The number of halogens is 1. The van der Waals surface area contributed by atoms with Crippen LogP contribution in [0.2, 0.25) is 0 Å². The first kappa shape index (κ1) is 20.0. The highest BCUT2D eigenvalue weighted by molar-refractivity contribution is 9.08. The molecule has 1 aromatic carbocycles. The van der Waals surface area contributed by atoms with E-state index in [9.17, 15) is 5.11 Å². The van der Waals surface area contributed by atoms with Gasteiger partial charge in [-0.1, -0.05) is 59.5 Å². The van der Waals surface area contributed by atoms with Gasteiger partial charge in [-0.3, -0.25) is 5.32 Å². The molecule has 1 fully saturated rings. The van der Waals surface area contributed by atoms with Crippen LogP contribution >= 0.6 is 27.3 Å². The Bertz CT molecular complexity index is 922. The van der Waals surface area contributed by atoms with Crippen LogP contribution in [0.1, 0.15) is 56.4 Å². The number of aromatic nitrogens is 1. The summed E-state index contributed by atoms with van der Waals surface area (Å²) in [5.41, 5.74) is 3.91. The van der Waals surface area contributed by atoms with E-state index in [2.05, 4.69) is 45.7 Å². The van der Waals surface area contributed by atoms with Crippen molar-refractivity contribution in [2.75, 3.05) is 0 Å². The summed E-state index contributed by atoms with van der Waals surface area (Å²) in [5.74, 6) is 0.640. The molecule has 148 valence electrons. The Balaban J connectivity index is 1.75. The molecule has 0 amide bonds. The molecule has 0 radical (unpaired) electrons. The van der Waals surface area contributed by atoms with E-state index in [-0.39, 0.29) is 6.04 Å². The number of alkyl halides is 1. The van der Waals surface area contributed by atoms with Crippen molar-refractivity contribution in [2.45, 2.75) is 56.6 Å². The fraction of sp³-hybridized carbons (Fsp3) is 0.435. The smallest absolute Gasteiger partial charge is 0.132 e. The molecular formula is C23H27BrN2OS. The van der Waals surface area contributed by atoms with Gasteiger partial charge in [-0.05, 0) is 48.8 Å². The Hall–Kier alpha value is -1.27. The van der Waals surface area contributed by atoms with E-state index < -0.39 is 6.23 Å². The standard InChI is InChI=1S/C23H27BrN2OS/c1-15(16-8-3-2-4-9-16)25-23(27)21-17-10-5-6-11-19(17)26-22(18(21)14-24)20-12-7-13-28-20/h5-7,10-13,15-16,23,25,27H,2-4,8-9,14H2,1H3/t15-,23?/m0/s1. The molecule has 28 heavy (non-hydrogen) atoms. The van der Waals surface area contributed by atoms with Crippen LogP contribution in [0.25, 0.3) is 21.5 Å². The maximum absolute atomic E-state index is 11.3. The van der Waals surface area contributed by atoms with E-state index >= 15 is 0 Å². The van der Waals surface area contributed by atoms with Gasteiger partial charge in [-0.25, -0.2) is 4.98 Å². The molecule has 2 atom stereocenters. The number of para-hydroxylation sites is 1.